The summed E-state index contributed by atoms with van der Waals surface area (Å²) in [4.78, 5) is 29.1. The second-order valence-electron chi connectivity index (χ2n) is 6.77. The van der Waals surface area contributed by atoms with Crippen molar-refractivity contribution < 1.29 is 9.90 Å². The number of phenols is 1. The lowest BCUT2D eigenvalue weighted by atomic mass is 10.2. The van der Waals surface area contributed by atoms with Gasteiger partial charge in [-0.25, -0.2) is 4.79 Å². The first-order valence-electron chi connectivity index (χ1n) is 9.01. The van der Waals surface area contributed by atoms with E-state index < -0.39 is 0 Å². The van der Waals surface area contributed by atoms with Crippen LogP contribution in [0.25, 0.3) is 11.0 Å². The molecule has 2 aromatic carbocycles. The summed E-state index contributed by atoms with van der Waals surface area (Å²) in [6, 6.07) is 14.7. The predicted octanol–water partition coefficient (Wildman–Crippen LogP) is 1.39. The Morgan fingerprint density at radius 1 is 0.963 bits per heavy atom. The number of imidazole rings is 1. The van der Waals surface area contributed by atoms with E-state index in [9.17, 15) is 14.7 Å². The van der Waals surface area contributed by atoms with Crippen LogP contribution in [0.15, 0.2) is 53.3 Å². The van der Waals surface area contributed by atoms with Crippen LogP contribution >= 0.6 is 0 Å². The molecule has 3 aromatic rings. The summed E-state index contributed by atoms with van der Waals surface area (Å²) in [7, 11) is 1.72. The third-order valence-electron chi connectivity index (χ3n) is 5.20. The molecule has 1 fully saturated rings. The van der Waals surface area contributed by atoms with Gasteiger partial charge in [0, 0.05) is 33.2 Å². The fraction of sp³-hybridized carbons (Fsp3) is 0.300. The summed E-state index contributed by atoms with van der Waals surface area (Å²) in [6.45, 7) is 2.46. The number of aromatic hydroxyl groups is 1. The van der Waals surface area contributed by atoms with E-state index in [2.05, 4.69) is 4.90 Å². The molecule has 0 saturated carbocycles. The summed E-state index contributed by atoms with van der Waals surface area (Å²) in [5.41, 5.74) is 2.19. The molecule has 0 spiro atoms. The maximum Gasteiger partial charge on any atom is 0.329 e. The number of anilines is 1. The van der Waals surface area contributed by atoms with E-state index in [1.165, 1.54) is 4.57 Å². The lowest BCUT2D eigenvalue weighted by Crippen LogP contribution is -2.50. The van der Waals surface area contributed by atoms with Crippen molar-refractivity contribution in [2.45, 2.75) is 6.54 Å². The number of hydrogen-bond acceptors (Lipinski definition) is 4. The number of piperazine rings is 1. The first kappa shape index (κ1) is 17.2. The van der Waals surface area contributed by atoms with Gasteiger partial charge >= 0.3 is 5.69 Å². The molecule has 1 aromatic heterocycles. The average molecular weight is 366 g/mol. The number of nitrogens with zero attached hydrogens (tertiary/aromatic N) is 4. The number of phenolic OH excluding ortho intramolecular Hbond substituents is 1. The fourth-order valence-electron chi connectivity index (χ4n) is 3.68. The van der Waals surface area contributed by atoms with Gasteiger partial charge in [-0.3, -0.25) is 13.9 Å². The first-order valence-corrected chi connectivity index (χ1v) is 9.01. The van der Waals surface area contributed by atoms with Crippen molar-refractivity contribution in [1.82, 2.24) is 14.0 Å². The largest absolute Gasteiger partial charge is 0.506 e. The summed E-state index contributed by atoms with van der Waals surface area (Å²) < 4.78 is 3.10. The van der Waals surface area contributed by atoms with Crippen molar-refractivity contribution >= 4 is 22.6 Å². The standard InChI is InChI=1S/C20H22N4O3/c1-21-15-6-2-3-7-16(15)24(20(21)27)14-19(26)23-12-10-22(11-13-23)17-8-4-5-9-18(17)25/h2-9,25H,10-14H2,1H3. The van der Waals surface area contributed by atoms with Crippen molar-refractivity contribution in [2.75, 3.05) is 31.1 Å². The maximum atomic E-state index is 12.8. The fourth-order valence-corrected chi connectivity index (χ4v) is 3.68. The quantitative estimate of drug-likeness (QED) is 0.761. The highest BCUT2D eigenvalue weighted by Gasteiger charge is 2.24. The summed E-state index contributed by atoms with van der Waals surface area (Å²) in [6.07, 6.45) is 0. The molecule has 0 bridgehead atoms. The Balaban J connectivity index is 1.47. The monoisotopic (exact) mass is 366 g/mol. The minimum Gasteiger partial charge on any atom is -0.506 e. The minimum atomic E-state index is -0.183. The third-order valence-corrected chi connectivity index (χ3v) is 5.20. The van der Waals surface area contributed by atoms with E-state index in [1.807, 2.05) is 36.4 Å². The number of carbonyl (C=O) groups is 1. The molecule has 0 radical (unpaired) electrons. The second kappa shape index (κ2) is 6.83. The molecule has 1 amide bonds. The van der Waals surface area contributed by atoms with Crippen LogP contribution in [-0.4, -0.2) is 51.2 Å². The molecule has 4 rings (SSSR count). The number of fused-ring (bicyclic) bond motifs is 1. The molecule has 0 aliphatic carbocycles. The van der Waals surface area contributed by atoms with Gasteiger partial charge < -0.3 is 14.9 Å². The van der Waals surface area contributed by atoms with Crippen LogP contribution in [0, 0.1) is 0 Å². The molecule has 140 valence electrons. The van der Waals surface area contributed by atoms with Crippen molar-refractivity contribution in [3.8, 4) is 5.75 Å². The number of aryl methyl sites for hydroxylation is 1. The van der Waals surface area contributed by atoms with Crippen LogP contribution in [-0.2, 0) is 18.4 Å². The SMILES string of the molecule is Cn1c(=O)n(CC(=O)N2CCN(c3ccccc3O)CC2)c2ccccc21. The zero-order valence-electron chi connectivity index (χ0n) is 15.2. The lowest BCUT2D eigenvalue weighted by molar-refractivity contribution is -0.132. The summed E-state index contributed by atoms with van der Waals surface area (Å²) in [5.74, 6) is 0.185. The zero-order chi connectivity index (χ0) is 19.0. The molecule has 1 aliphatic heterocycles. The van der Waals surface area contributed by atoms with Crippen molar-refractivity contribution in [3.05, 3.63) is 59.0 Å². The highest BCUT2D eigenvalue weighted by molar-refractivity contribution is 5.81. The van der Waals surface area contributed by atoms with Crippen molar-refractivity contribution in [2.24, 2.45) is 7.05 Å². The molecular formula is C20H22N4O3. The highest BCUT2D eigenvalue weighted by Crippen LogP contribution is 2.27. The summed E-state index contributed by atoms with van der Waals surface area (Å²) in [5, 5.41) is 10.0. The molecule has 1 aliphatic rings. The topological polar surface area (TPSA) is 70.7 Å². The Labute approximate surface area is 156 Å². The zero-order valence-corrected chi connectivity index (χ0v) is 15.2. The van der Waals surface area contributed by atoms with Gasteiger partial charge in [0.15, 0.2) is 0 Å². The Bertz CT molecular complexity index is 1040. The maximum absolute atomic E-state index is 12.8. The first-order chi connectivity index (χ1) is 13.1. The number of carbonyl (C=O) groups excluding carboxylic acids is 1. The second-order valence-corrected chi connectivity index (χ2v) is 6.77. The Hall–Kier alpha value is -3.22. The Morgan fingerprint density at radius 3 is 2.30 bits per heavy atom. The van der Waals surface area contributed by atoms with Crippen LogP contribution in [0.3, 0.4) is 0 Å². The van der Waals surface area contributed by atoms with Crippen LogP contribution in [0.1, 0.15) is 0 Å². The number of amides is 1. The molecule has 27 heavy (non-hydrogen) atoms. The van der Waals surface area contributed by atoms with Crippen LogP contribution < -0.4 is 10.6 Å². The van der Waals surface area contributed by atoms with Crippen molar-refractivity contribution in [3.63, 3.8) is 0 Å². The van der Waals surface area contributed by atoms with E-state index >= 15 is 0 Å². The highest BCUT2D eigenvalue weighted by atomic mass is 16.3. The van der Waals surface area contributed by atoms with Gasteiger partial charge in [0.25, 0.3) is 0 Å². The normalized spacial score (nSPS) is 14.7. The number of aromatic nitrogens is 2. The van der Waals surface area contributed by atoms with Gasteiger partial charge in [-0.1, -0.05) is 24.3 Å². The van der Waals surface area contributed by atoms with Gasteiger partial charge in [0.2, 0.25) is 5.91 Å². The van der Waals surface area contributed by atoms with Crippen LogP contribution in [0.4, 0.5) is 5.69 Å². The molecular weight excluding hydrogens is 344 g/mol. The van der Waals surface area contributed by atoms with Crippen LogP contribution in [0.2, 0.25) is 0 Å². The van der Waals surface area contributed by atoms with E-state index in [4.69, 9.17) is 0 Å². The molecule has 7 heteroatoms. The average Bonchev–Trinajstić information content (AvgIpc) is 2.94. The molecule has 1 N–H and O–H groups in total. The van der Waals surface area contributed by atoms with E-state index in [0.29, 0.717) is 26.2 Å². The molecule has 0 atom stereocenters. The van der Waals surface area contributed by atoms with E-state index in [0.717, 1.165) is 16.7 Å². The molecule has 7 nitrogen and oxygen atoms in total. The third kappa shape index (κ3) is 3.05. The van der Waals surface area contributed by atoms with E-state index in [-0.39, 0.29) is 23.9 Å². The Morgan fingerprint density at radius 2 is 1.59 bits per heavy atom. The number of para-hydroxylation sites is 4. The van der Waals surface area contributed by atoms with E-state index in [1.54, 1.807) is 28.6 Å². The number of hydrogen-bond donors (Lipinski definition) is 1. The van der Waals surface area contributed by atoms with Gasteiger partial charge in [0.1, 0.15) is 12.3 Å². The van der Waals surface area contributed by atoms with Gasteiger partial charge in [-0.2, -0.15) is 0 Å². The molecule has 2 heterocycles. The Kier molecular flexibility index (Phi) is 4.35. The number of rotatable bonds is 3. The predicted molar refractivity (Wildman–Crippen MR) is 104 cm³/mol. The van der Waals surface area contributed by atoms with Crippen LogP contribution in [0.5, 0.6) is 5.75 Å². The molecule has 1 saturated heterocycles. The summed E-state index contributed by atoms with van der Waals surface area (Å²) >= 11 is 0. The smallest absolute Gasteiger partial charge is 0.329 e. The van der Waals surface area contributed by atoms with Gasteiger partial charge in [-0.05, 0) is 24.3 Å². The molecule has 0 unspecified atom stereocenters. The van der Waals surface area contributed by atoms with Crippen molar-refractivity contribution in [1.29, 1.82) is 0 Å². The van der Waals surface area contributed by atoms with Gasteiger partial charge in [-0.15, -0.1) is 0 Å². The lowest BCUT2D eigenvalue weighted by Gasteiger charge is -2.36. The minimum absolute atomic E-state index is 0.0385. The number of benzene rings is 2. The van der Waals surface area contributed by atoms with Gasteiger partial charge in [0.05, 0.1) is 16.7 Å².